The van der Waals surface area contributed by atoms with E-state index in [9.17, 15) is 4.79 Å². The van der Waals surface area contributed by atoms with Gasteiger partial charge in [-0.2, -0.15) is 0 Å². The SMILES string of the molecule is COCCNC(=NCC(=O)N(C)C)N(C)Cc1ccccc1Cl.I. The van der Waals surface area contributed by atoms with E-state index in [1.807, 2.05) is 36.2 Å². The zero-order valence-electron chi connectivity index (χ0n) is 14.6. The summed E-state index contributed by atoms with van der Waals surface area (Å²) in [6.07, 6.45) is 0. The molecule has 0 radical (unpaired) electrons. The minimum atomic E-state index is -0.0535. The maximum Gasteiger partial charge on any atom is 0.243 e. The molecule has 0 aliphatic carbocycles. The molecule has 1 aromatic carbocycles. The minimum absolute atomic E-state index is 0. The summed E-state index contributed by atoms with van der Waals surface area (Å²) in [6.45, 7) is 1.85. The normalized spacial score (nSPS) is 10.8. The molecule has 136 valence electrons. The molecule has 0 aromatic heterocycles. The van der Waals surface area contributed by atoms with Gasteiger partial charge in [-0.1, -0.05) is 29.8 Å². The Hall–Kier alpha value is -1.06. The molecule has 0 fully saturated rings. The number of nitrogens with zero attached hydrogens (tertiary/aromatic N) is 3. The second-order valence-electron chi connectivity index (χ2n) is 5.30. The lowest BCUT2D eigenvalue weighted by molar-refractivity contribution is -0.127. The van der Waals surface area contributed by atoms with Gasteiger partial charge >= 0.3 is 0 Å². The summed E-state index contributed by atoms with van der Waals surface area (Å²) in [5, 5.41) is 3.90. The van der Waals surface area contributed by atoms with Crippen molar-refractivity contribution in [3.63, 3.8) is 0 Å². The molecule has 0 heterocycles. The molecule has 1 amide bonds. The van der Waals surface area contributed by atoms with Gasteiger partial charge in [-0.05, 0) is 11.6 Å². The smallest absolute Gasteiger partial charge is 0.243 e. The Balaban J connectivity index is 0.00000529. The summed E-state index contributed by atoms with van der Waals surface area (Å²) in [6, 6.07) is 7.67. The Morgan fingerprint density at radius 1 is 1.29 bits per heavy atom. The fourth-order valence-corrected chi connectivity index (χ4v) is 2.01. The van der Waals surface area contributed by atoms with E-state index in [-0.39, 0.29) is 36.4 Å². The second kappa shape index (κ2) is 12.3. The third-order valence-corrected chi connectivity index (χ3v) is 3.55. The number of halogens is 2. The summed E-state index contributed by atoms with van der Waals surface area (Å²) < 4.78 is 5.04. The van der Waals surface area contributed by atoms with Gasteiger partial charge in [-0.3, -0.25) is 4.79 Å². The third-order valence-electron chi connectivity index (χ3n) is 3.18. The van der Waals surface area contributed by atoms with E-state index in [0.29, 0.717) is 30.7 Å². The molecule has 8 heteroatoms. The van der Waals surface area contributed by atoms with Crippen LogP contribution in [0, 0.1) is 0 Å². The largest absolute Gasteiger partial charge is 0.383 e. The van der Waals surface area contributed by atoms with Gasteiger partial charge in [-0.15, -0.1) is 24.0 Å². The number of hydrogen-bond donors (Lipinski definition) is 1. The molecule has 0 spiro atoms. The number of guanidine groups is 1. The van der Waals surface area contributed by atoms with Gasteiger partial charge in [0, 0.05) is 46.4 Å². The fourth-order valence-electron chi connectivity index (χ4n) is 1.82. The molecular formula is C16H26ClIN4O2. The fraction of sp³-hybridized carbons (Fsp3) is 0.500. The Morgan fingerprint density at radius 2 is 1.96 bits per heavy atom. The first-order valence-electron chi connectivity index (χ1n) is 7.37. The number of methoxy groups -OCH3 is 1. The van der Waals surface area contributed by atoms with Crippen LogP contribution in [-0.4, -0.2) is 69.6 Å². The quantitative estimate of drug-likeness (QED) is 0.288. The van der Waals surface area contributed by atoms with Crippen LogP contribution in [0.25, 0.3) is 0 Å². The summed E-state index contributed by atoms with van der Waals surface area (Å²) in [7, 11) is 6.97. The Kier molecular flexibility index (Phi) is 11.8. The maximum absolute atomic E-state index is 11.7. The third kappa shape index (κ3) is 8.16. The van der Waals surface area contributed by atoms with Gasteiger partial charge in [0.05, 0.1) is 6.61 Å². The number of nitrogens with one attached hydrogen (secondary N) is 1. The lowest BCUT2D eigenvalue weighted by atomic mass is 10.2. The number of hydrogen-bond acceptors (Lipinski definition) is 3. The van der Waals surface area contributed by atoms with Crippen molar-refractivity contribution < 1.29 is 9.53 Å². The van der Waals surface area contributed by atoms with Gasteiger partial charge in [0.15, 0.2) is 5.96 Å². The molecule has 1 aromatic rings. The monoisotopic (exact) mass is 468 g/mol. The topological polar surface area (TPSA) is 57.2 Å². The molecule has 0 unspecified atom stereocenters. The van der Waals surface area contributed by atoms with Crippen molar-refractivity contribution in [2.24, 2.45) is 4.99 Å². The van der Waals surface area contributed by atoms with Crippen LogP contribution in [-0.2, 0) is 16.1 Å². The molecular weight excluding hydrogens is 443 g/mol. The molecule has 0 aliphatic heterocycles. The first kappa shape index (κ1) is 22.9. The number of amides is 1. The van der Waals surface area contributed by atoms with Crippen LogP contribution in [0.15, 0.2) is 29.3 Å². The van der Waals surface area contributed by atoms with Crippen LogP contribution in [0.5, 0.6) is 0 Å². The first-order chi connectivity index (χ1) is 11.0. The predicted molar refractivity (Wildman–Crippen MR) is 109 cm³/mol. The van der Waals surface area contributed by atoms with E-state index in [1.165, 1.54) is 4.90 Å². The number of ether oxygens (including phenoxy) is 1. The molecule has 1 rings (SSSR count). The number of aliphatic imine (C=N–C) groups is 1. The number of likely N-dealkylation sites (N-methyl/N-ethyl adjacent to an activating group) is 1. The van der Waals surface area contributed by atoms with E-state index in [0.717, 1.165) is 5.56 Å². The van der Waals surface area contributed by atoms with Gasteiger partial charge in [0.25, 0.3) is 0 Å². The van der Waals surface area contributed by atoms with Crippen molar-refractivity contribution in [2.75, 3.05) is 47.9 Å². The number of rotatable bonds is 7. The molecule has 6 nitrogen and oxygen atoms in total. The number of carbonyl (C=O) groups is 1. The van der Waals surface area contributed by atoms with Crippen molar-refractivity contribution in [3.8, 4) is 0 Å². The highest BCUT2D eigenvalue weighted by Gasteiger charge is 2.10. The van der Waals surface area contributed by atoms with Crippen LogP contribution in [0.4, 0.5) is 0 Å². The molecule has 0 aliphatic rings. The Labute approximate surface area is 166 Å². The van der Waals surface area contributed by atoms with Gasteiger partial charge in [-0.25, -0.2) is 4.99 Å². The maximum atomic E-state index is 11.7. The van der Waals surface area contributed by atoms with Crippen LogP contribution < -0.4 is 5.32 Å². The molecule has 1 N–H and O–H groups in total. The lowest BCUT2D eigenvalue weighted by Gasteiger charge is -2.23. The van der Waals surface area contributed by atoms with Crippen LogP contribution in [0.1, 0.15) is 5.56 Å². The van der Waals surface area contributed by atoms with Gasteiger partial charge in [0.1, 0.15) is 6.54 Å². The second-order valence-corrected chi connectivity index (χ2v) is 5.70. The average Bonchev–Trinajstić information content (AvgIpc) is 2.52. The van der Waals surface area contributed by atoms with E-state index in [2.05, 4.69) is 10.3 Å². The summed E-state index contributed by atoms with van der Waals surface area (Å²) in [5.41, 5.74) is 0.997. The van der Waals surface area contributed by atoms with E-state index >= 15 is 0 Å². The standard InChI is InChI=1S/C16H25ClN4O2.HI/c1-20(2)15(22)11-19-16(18-9-10-23-4)21(3)12-13-7-5-6-8-14(13)17;/h5-8H,9-12H2,1-4H3,(H,18,19);1H. The molecule has 0 atom stereocenters. The van der Waals surface area contributed by atoms with Gasteiger partial charge < -0.3 is 19.9 Å². The van der Waals surface area contributed by atoms with E-state index in [1.54, 1.807) is 21.2 Å². The van der Waals surface area contributed by atoms with Crippen molar-refractivity contribution >= 4 is 47.4 Å². The highest BCUT2D eigenvalue weighted by atomic mass is 127. The summed E-state index contributed by atoms with van der Waals surface area (Å²) in [4.78, 5) is 19.6. The van der Waals surface area contributed by atoms with Crippen molar-refractivity contribution in [1.82, 2.24) is 15.1 Å². The first-order valence-corrected chi connectivity index (χ1v) is 7.75. The highest BCUT2D eigenvalue weighted by Crippen LogP contribution is 2.16. The van der Waals surface area contributed by atoms with Crippen molar-refractivity contribution in [3.05, 3.63) is 34.9 Å². The zero-order chi connectivity index (χ0) is 17.2. The Bertz CT molecular complexity index is 541. The Morgan fingerprint density at radius 3 is 2.54 bits per heavy atom. The van der Waals surface area contributed by atoms with Crippen LogP contribution in [0.2, 0.25) is 5.02 Å². The highest BCUT2D eigenvalue weighted by molar-refractivity contribution is 14.0. The van der Waals surface area contributed by atoms with Crippen LogP contribution >= 0.6 is 35.6 Å². The molecule has 0 saturated heterocycles. The number of benzene rings is 1. The summed E-state index contributed by atoms with van der Waals surface area (Å²) >= 11 is 6.20. The van der Waals surface area contributed by atoms with Crippen molar-refractivity contribution in [2.45, 2.75) is 6.54 Å². The van der Waals surface area contributed by atoms with Crippen LogP contribution in [0.3, 0.4) is 0 Å². The molecule has 0 bridgehead atoms. The van der Waals surface area contributed by atoms with Gasteiger partial charge in [0.2, 0.25) is 5.91 Å². The lowest BCUT2D eigenvalue weighted by Crippen LogP contribution is -2.41. The minimum Gasteiger partial charge on any atom is -0.383 e. The summed E-state index contributed by atoms with van der Waals surface area (Å²) in [5.74, 6) is 0.583. The number of carbonyl (C=O) groups excluding carboxylic acids is 1. The predicted octanol–water partition coefficient (Wildman–Crippen LogP) is 2.07. The van der Waals surface area contributed by atoms with E-state index < -0.39 is 0 Å². The average molecular weight is 469 g/mol. The molecule has 0 saturated carbocycles. The van der Waals surface area contributed by atoms with Crippen molar-refractivity contribution in [1.29, 1.82) is 0 Å². The molecule has 24 heavy (non-hydrogen) atoms. The van der Waals surface area contributed by atoms with E-state index in [4.69, 9.17) is 16.3 Å². The zero-order valence-corrected chi connectivity index (χ0v) is 17.7.